The van der Waals surface area contributed by atoms with Gasteiger partial charge in [0.2, 0.25) is 0 Å². The lowest BCUT2D eigenvalue weighted by Crippen LogP contribution is -2.61. The maximum absolute atomic E-state index is 6.48. The summed E-state index contributed by atoms with van der Waals surface area (Å²) in [5, 5.41) is 0. The number of nitrogens with zero attached hydrogens (tertiary/aromatic N) is 1. The van der Waals surface area contributed by atoms with Crippen LogP contribution in [0, 0.1) is 11.3 Å². The molecule has 2 rings (SSSR count). The number of hydrogen-bond acceptors (Lipinski definition) is 2. The third kappa shape index (κ3) is 3.37. The molecule has 2 heteroatoms. The quantitative estimate of drug-likeness (QED) is 0.900. The molecule has 0 aliphatic heterocycles. The Morgan fingerprint density at radius 2 is 1.79 bits per heavy atom. The molecule has 1 aliphatic carbocycles. The van der Waals surface area contributed by atoms with Gasteiger partial charge in [-0.3, -0.25) is 0 Å². The van der Waals surface area contributed by atoms with Gasteiger partial charge in [0.25, 0.3) is 0 Å². The SMILES string of the molecule is CN(Cc1ccccc1)CC1CC(N)(C(C)(C)C)C1. The van der Waals surface area contributed by atoms with Crippen LogP contribution in [0.3, 0.4) is 0 Å². The van der Waals surface area contributed by atoms with E-state index in [9.17, 15) is 0 Å². The molecular weight excluding hydrogens is 232 g/mol. The second-order valence-electron chi connectivity index (χ2n) is 7.36. The van der Waals surface area contributed by atoms with E-state index in [1.807, 2.05) is 0 Å². The van der Waals surface area contributed by atoms with E-state index in [0.29, 0.717) is 0 Å². The zero-order valence-electron chi connectivity index (χ0n) is 12.8. The van der Waals surface area contributed by atoms with Crippen molar-refractivity contribution in [2.45, 2.75) is 45.7 Å². The van der Waals surface area contributed by atoms with E-state index < -0.39 is 0 Å². The number of hydrogen-bond donors (Lipinski definition) is 1. The van der Waals surface area contributed by atoms with Crippen LogP contribution in [0.25, 0.3) is 0 Å². The van der Waals surface area contributed by atoms with E-state index in [4.69, 9.17) is 5.73 Å². The minimum absolute atomic E-state index is 0.0469. The van der Waals surface area contributed by atoms with Crippen molar-refractivity contribution < 1.29 is 0 Å². The maximum Gasteiger partial charge on any atom is 0.0230 e. The van der Waals surface area contributed by atoms with Gasteiger partial charge in [0.15, 0.2) is 0 Å². The van der Waals surface area contributed by atoms with Gasteiger partial charge in [-0.25, -0.2) is 0 Å². The van der Waals surface area contributed by atoms with Crippen LogP contribution < -0.4 is 5.73 Å². The molecule has 0 saturated heterocycles. The predicted molar refractivity (Wildman–Crippen MR) is 81.9 cm³/mol. The molecule has 2 N–H and O–H groups in total. The molecule has 106 valence electrons. The zero-order chi connectivity index (χ0) is 14.1. The number of benzene rings is 1. The van der Waals surface area contributed by atoms with E-state index in [1.165, 1.54) is 5.56 Å². The monoisotopic (exact) mass is 260 g/mol. The molecule has 1 aromatic carbocycles. The molecular formula is C17H28N2. The molecule has 1 fully saturated rings. The highest BCUT2D eigenvalue weighted by Crippen LogP contribution is 2.47. The molecule has 0 heterocycles. The zero-order valence-corrected chi connectivity index (χ0v) is 12.8. The van der Waals surface area contributed by atoms with Crippen LogP contribution in [0.4, 0.5) is 0 Å². The Balaban J connectivity index is 1.79. The van der Waals surface area contributed by atoms with Gasteiger partial charge < -0.3 is 10.6 Å². The first-order valence-electron chi connectivity index (χ1n) is 7.31. The highest BCUT2D eigenvalue weighted by molar-refractivity contribution is 5.14. The fraction of sp³-hybridized carbons (Fsp3) is 0.647. The molecule has 0 amide bonds. The summed E-state index contributed by atoms with van der Waals surface area (Å²) in [4.78, 5) is 2.42. The van der Waals surface area contributed by atoms with Gasteiger partial charge in [0, 0.05) is 18.6 Å². The molecule has 19 heavy (non-hydrogen) atoms. The molecule has 0 atom stereocenters. The molecule has 2 nitrogen and oxygen atoms in total. The number of rotatable bonds is 4. The smallest absolute Gasteiger partial charge is 0.0230 e. The first-order valence-corrected chi connectivity index (χ1v) is 7.31. The van der Waals surface area contributed by atoms with E-state index in [-0.39, 0.29) is 11.0 Å². The summed E-state index contributed by atoms with van der Waals surface area (Å²) in [5.74, 6) is 0.762. The van der Waals surface area contributed by atoms with E-state index in [1.54, 1.807) is 0 Å². The normalized spacial score (nSPS) is 27.4. The summed E-state index contributed by atoms with van der Waals surface area (Å²) in [6.07, 6.45) is 2.32. The van der Waals surface area contributed by atoms with Crippen molar-refractivity contribution in [3.05, 3.63) is 35.9 Å². The van der Waals surface area contributed by atoms with Crippen LogP contribution >= 0.6 is 0 Å². The third-order valence-corrected chi connectivity index (χ3v) is 4.66. The van der Waals surface area contributed by atoms with Gasteiger partial charge in [-0.2, -0.15) is 0 Å². The highest BCUT2D eigenvalue weighted by Gasteiger charge is 2.48. The topological polar surface area (TPSA) is 29.3 Å². The summed E-state index contributed by atoms with van der Waals surface area (Å²) in [5.41, 5.74) is 8.14. The second kappa shape index (κ2) is 5.26. The lowest BCUT2D eigenvalue weighted by Gasteiger charge is -2.54. The van der Waals surface area contributed by atoms with Crippen molar-refractivity contribution in [3.8, 4) is 0 Å². The van der Waals surface area contributed by atoms with Crippen molar-refractivity contribution in [1.82, 2.24) is 4.90 Å². The Labute approximate surface area is 118 Å². The standard InChI is InChI=1S/C17H28N2/c1-16(2,3)17(18)10-15(11-17)13-19(4)12-14-8-6-5-7-9-14/h5-9,15H,10-13,18H2,1-4H3. The predicted octanol–water partition coefficient (Wildman–Crippen LogP) is 3.27. The Kier molecular flexibility index (Phi) is 4.03. The average Bonchev–Trinajstić information content (AvgIpc) is 2.26. The first kappa shape index (κ1) is 14.5. The Morgan fingerprint density at radius 1 is 1.21 bits per heavy atom. The van der Waals surface area contributed by atoms with E-state index in [0.717, 1.165) is 31.8 Å². The van der Waals surface area contributed by atoms with Crippen LogP contribution in [0.1, 0.15) is 39.2 Å². The molecule has 1 aliphatic rings. The minimum Gasteiger partial charge on any atom is -0.325 e. The maximum atomic E-state index is 6.48. The molecule has 0 radical (unpaired) electrons. The summed E-state index contributed by atoms with van der Waals surface area (Å²) in [6, 6.07) is 10.7. The van der Waals surface area contributed by atoms with Gasteiger partial charge >= 0.3 is 0 Å². The van der Waals surface area contributed by atoms with Gasteiger partial charge in [0.05, 0.1) is 0 Å². The van der Waals surface area contributed by atoms with Crippen molar-refractivity contribution in [1.29, 1.82) is 0 Å². The van der Waals surface area contributed by atoms with Gasteiger partial charge in [-0.1, -0.05) is 51.1 Å². The fourth-order valence-corrected chi connectivity index (χ4v) is 3.11. The molecule has 1 aromatic rings. The largest absolute Gasteiger partial charge is 0.325 e. The molecule has 0 aromatic heterocycles. The van der Waals surface area contributed by atoms with Crippen molar-refractivity contribution in [2.24, 2.45) is 17.1 Å². The van der Waals surface area contributed by atoms with Crippen LogP contribution in [0.2, 0.25) is 0 Å². The Hall–Kier alpha value is -0.860. The van der Waals surface area contributed by atoms with Crippen LogP contribution in [0.15, 0.2) is 30.3 Å². The van der Waals surface area contributed by atoms with E-state index in [2.05, 4.69) is 63.1 Å². The number of nitrogens with two attached hydrogens (primary N) is 1. The molecule has 0 spiro atoms. The minimum atomic E-state index is 0.0469. The average molecular weight is 260 g/mol. The first-order chi connectivity index (χ1) is 8.80. The molecule has 0 unspecified atom stereocenters. The fourth-order valence-electron chi connectivity index (χ4n) is 3.11. The van der Waals surface area contributed by atoms with Crippen LogP contribution in [-0.4, -0.2) is 24.0 Å². The van der Waals surface area contributed by atoms with Crippen LogP contribution in [0.5, 0.6) is 0 Å². The summed E-state index contributed by atoms with van der Waals surface area (Å²) in [6.45, 7) is 8.97. The lowest BCUT2D eigenvalue weighted by molar-refractivity contribution is 0.0208. The molecule has 0 bridgehead atoms. The van der Waals surface area contributed by atoms with Crippen molar-refractivity contribution in [2.75, 3.05) is 13.6 Å². The summed E-state index contributed by atoms with van der Waals surface area (Å²) < 4.78 is 0. The van der Waals surface area contributed by atoms with Crippen molar-refractivity contribution >= 4 is 0 Å². The van der Waals surface area contributed by atoms with E-state index >= 15 is 0 Å². The van der Waals surface area contributed by atoms with Crippen molar-refractivity contribution in [3.63, 3.8) is 0 Å². The Morgan fingerprint density at radius 3 is 2.32 bits per heavy atom. The molecule has 1 saturated carbocycles. The van der Waals surface area contributed by atoms with Gasteiger partial charge in [-0.15, -0.1) is 0 Å². The second-order valence-corrected chi connectivity index (χ2v) is 7.36. The Bertz CT molecular complexity index is 399. The van der Waals surface area contributed by atoms with Gasteiger partial charge in [-0.05, 0) is 36.8 Å². The lowest BCUT2D eigenvalue weighted by atomic mass is 9.57. The third-order valence-electron chi connectivity index (χ3n) is 4.66. The van der Waals surface area contributed by atoms with Crippen LogP contribution in [-0.2, 0) is 6.54 Å². The summed E-state index contributed by atoms with van der Waals surface area (Å²) >= 11 is 0. The highest BCUT2D eigenvalue weighted by atomic mass is 15.1. The summed E-state index contributed by atoms with van der Waals surface area (Å²) in [7, 11) is 2.21. The van der Waals surface area contributed by atoms with Gasteiger partial charge in [0.1, 0.15) is 0 Å².